The molecule has 0 aliphatic carbocycles. The fraction of sp³-hybridized carbons (Fsp3) is 0.588. The lowest BCUT2D eigenvalue weighted by Crippen LogP contribution is -2.42. The molecular weight excluding hydrogens is 250 g/mol. The molecule has 1 heterocycles. The summed E-state index contributed by atoms with van der Waals surface area (Å²) in [5.74, 6) is 1.19. The molecule has 3 heteroatoms. The van der Waals surface area contributed by atoms with Gasteiger partial charge in [-0.15, -0.1) is 0 Å². The predicted octanol–water partition coefficient (Wildman–Crippen LogP) is 2.90. The number of ether oxygens (including phenoxy) is 1. The predicted molar refractivity (Wildman–Crippen MR) is 81.3 cm³/mol. The number of hydrogen-bond donors (Lipinski definition) is 1. The number of piperidine rings is 1. The molecular formula is C17H25NO2. The van der Waals surface area contributed by atoms with Crippen LogP contribution in [-0.4, -0.2) is 26.0 Å². The van der Waals surface area contributed by atoms with Crippen molar-refractivity contribution in [1.82, 2.24) is 5.32 Å². The number of Topliss-reactive ketones (excluding diaryl/α,β-unsaturated/α-hetero) is 1. The Morgan fingerprint density at radius 3 is 2.65 bits per heavy atom. The first-order chi connectivity index (χ1) is 9.61. The molecule has 0 aromatic heterocycles. The number of benzene rings is 1. The fourth-order valence-electron chi connectivity index (χ4n) is 3.14. The van der Waals surface area contributed by atoms with Gasteiger partial charge in [-0.05, 0) is 45.3 Å². The molecule has 3 nitrogen and oxygen atoms in total. The van der Waals surface area contributed by atoms with Crippen LogP contribution in [-0.2, 0) is 11.2 Å². The summed E-state index contributed by atoms with van der Waals surface area (Å²) in [6, 6.07) is 6.05. The number of carbonyl (C=O) groups excluding carboxylic acids is 1. The minimum absolute atomic E-state index is 0.139. The minimum atomic E-state index is -0.139. The van der Waals surface area contributed by atoms with E-state index in [-0.39, 0.29) is 5.41 Å². The van der Waals surface area contributed by atoms with Crippen LogP contribution < -0.4 is 10.1 Å². The Labute approximate surface area is 121 Å². The van der Waals surface area contributed by atoms with E-state index in [2.05, 4.69) is 18.3 Å². The van der Waals surface area contributed by atoms with E-state index >= 15 is 0 Å². The van der Waals surface area contributed by atoms with Gasteiger partial charge in [-0.25, -0.2) is 0 Å². The smallest absolute Gasteiger partial charge is 0.143 e. The van der Waals surface area contributed by atoms with E-state index < -0.39 is 0 Å². The molecule has 1 aliphatic rings. The molecule has 1 aliphatic heterocycles. The van der Waals surface area contributed by atoms with Crippen molar-refractivity contribution in [3.05, 3.63) is 29.3 Å². The maximum atomic E-state index is 12.8. The molecule has 1 aromatic rings. The van der Waals surface area contributed by atoms with Crippen molar-refractivity contribution in [2.45, 2.75) is 39.5 Å². The summed E-state index contributed by atoms with van der Waals surface area (Å²) in [4.78, 5) is 12.8. The van der Waals surface area contributed by atoms with Crippen LogP contribution in [0.1, 0.15) is 37.3 Å². The van der Waals surface area contributed by atoms with Gasteiger partial charge >= 0.3 is 0 Å². The number of ketones is 1. The zero-order valence-corrected chi connectivity index (χ0v) is 12.8. The topological polar surface area (TPSA) is 38.3 Å². The average Bonchev–Trinajstić information content (AvgIpc) is 2.48. The first-order valence-corrected chi connectivity index (χ1v) is 7.49. The van der Waals surface area contributed by atoms with Crippen molar-refractivity contribution in [2.24, 2.45) is 5.41 Å². The maximum absolute atomic E-state index is 12.8. The molecule has 0 radical (unpaired) electrons. The van der Waals surface area contributed by atoms with Gasteiger partial charge in [0.25, 0.3) is 0 Å². The van der Waals surface area contributed by atoms with Crippen molar-refractivity contribution in [3.8, 4) is 5.75 Å². The Kier molecular flexibility index (Phi) is 4.81. The van der Waals surface area contributed by atoms with Crippen LogP contribution in [0.4, 0.5) is 0 Å². The van der Waals surface area contributed by atoms with Crippen molar-refractivity contribution in [1.29, 1.82) is 0 Å². The number of carbonyl (C=O) groups is 1. The third-order valence-electron chi connectivity index (χ3n) is 4.62. The molecule has 110 valence electrons. The van der Waals surface area contributed by atoms with Crippen LogP contribution >= 0.6 is 0 Å². The van der Waals surface area contributed by atoms with E-state index in [9.17, 15) is 4.79 Å². The maximum Gasteiger partial charge on any atom is 0.143 e. The molecule has 1 saturated heterocycles. The standard InChI is InChI=1S/C17H25NO2/c1-4-17(7-9-18-10-8-17)16(19)12-14-11-13(2)5-6-15(14)20-3/h5-6,11,18H,4,7-10,12H2,1-3H3. The summed E-state index contributed by atoms with van der Waals surface area (Å²) in [5.41, 5.74) is 2.05. The molecule has 0 saturated carbocycles. The summed E-state index contributed by atoms with van der Waals surface area (Å²) in [6.45, 7) is 6.08. The van der Waals surface area contributed by atoms with E-state index in [1.165, 1.54) is 5.56 Å². The second-order valence-electron chi connectivity index (χ2n) is 5.80. The van der Waals surface area contributed by atoms with Crippen LogP contribution in [0, 0.1) is 12.3 Å². The van der Waals surface area contributed by atoms with Crippen molar-refractivity contribution < 1.29 is 9.53 Å². The number of methoxy groups -OCH3 is 1. The lowest BCUT2D eigenvalue weighted by molar-refractivity contribution is -0.129. The largest absolute Gasteiger partial charge is 0.496 e. The number of hydrogen-bond acceptors (Lipinski definition) is 3. The quantitative estimate of drug-likeness (QED) is 0.898. The van der Waals surface area contributed by atoms with E-state index in [4.69, 9.17) is 4.74 Å². The molecule has 20 heavy (non-hydrogen) atoms. The molecule has 0 atom stereocenters. The van der Waals surface area contributed by atoms with Gasteiger partial charge in [-0.3, -0.25) is 4.79 Å². The van der Waals surface area contributed by atoms with Crippen LogP contribution in [0.2, 0.25) is 0 Å². The third-order valence-corrected chi connectivity index (χ3v) is 4.62. The second kappa shape index (κ2) is 6.40. The molecule has 2 rings (SSSR count). The van der Waals surface area contributed by atoms with E-state index in [1.807, 2.05) is 19.1 Å². The first-order valence-electron chi connectivity index (χ1n) is 7.49. The third kappa shape index (κ3) is 3.04. The molecule has 0 unspecified atom stereocenters. The summed E-state index contributed by atoms with van der Waals surface area (Å²) in [7, 11) is 1.67. The molecule has 0 spiro atoms. The highest BCUT2D eigenvalue weighted by Gasteiger charge is 2.37. The van der Waals surface area contributed by atoms with Gasteiger partial charge in [0.1, 0.15) is 11.5 Å². The zero-order chi connectivity index (χ0) is 14.6. The van der Waals surface area contributed by atoms with Crippen LogP contribution in [0.15, 0.2) is 18.2 Å². The SMILES string of the molecule is CCC1(C(=O)Cc2cc(C)ccc2OC)CCNCC1. The van der Waals surface area contributed by atoms with Crippen molar-refractivity contribution in [2.75, 3.05) is 20.2 Å². The number of aryl methyl sites for hydroxylation is 1. The van der Waals surface area contributed by atoms with Crippen molar-refractivity contribution in [3.63, 3.8) is 0 Å². The van der Waals surface area contributed by atoms with Crippen molar-refractivity contribution >= 4 is 5.78 Å². The highest BCUT2D eigenvalue weighted by atomic mass is 16.5. The van der Waals surface area contributed by atoms with Gasteiger partial charge in [0.2, 0.25) is 0 Å². The second-order valence-corrected chi connectivity index (χ2v) is 5.80. The van der Waals surface area contributed by atoms with Crippen LogP contribution in [0.5, 0.6) is 5.75 Å². The fourth-order valence-corrected chi connectivity index (χ4v) is 3.14. The Morgan fingerprint density at radius 1 is 1.35 bits per heavy atom. The summed E-state index contributed by atoms with van der Waals surface area (Å²) in [6.07, 6.45) is 3.33. The number of rotatable bonds is 5. The highest BCUT2D eigenvalue weighted by Crippen LogP contribution is 2.35. The summed E-state index contributed by atoms with van der Waals surface area (Å²) >= 11 is 0. The van der Waals surface area contributed by atoms with E-state index in [0.717, 1.165) is 43.7 Å². The van der Waals surface area contributed by atoms with Gasteiger partial charge in [0.15, 0.2) is 0 Å². The normalized spacial score (nSPS) is 17.8. The summed E-state index contributed by atoms with van der Waals surface area (Å²) < 4.78 is 5.39. The van der Waals surface area contributed by atoms with Crippen LogP contribution in [0.3, 0.4) is 0 Å². The highest BCUT2D eigenvalue weighted by molar-refractivity contribution is 5.87. The lowest BCUT2D eigenvalue weighted by atomic mass is 9.71. The average molecular weight is 275 g/mol. The van der Waals surface area contributed by atoms with Gasteiger partial charge in [0, 0.05) is 17.4 Å². The van der Waals surface area contributed by atoms with Gasteiger partial charge in [0.05, 0.1) is 7.11 Å². The van der Waals surface area contributed by atoms with Gasteiger partial charge in [-0.2, -0.15) is 0 Å². The Hall–Kier alpha value is -1.35. The monoisotopic (exact) mass is 275 g/mol. The first kappa shape index (κ1) is 15.0. The lowest BCUT2D eigenvalue weighted by Gasteiger charge is -2.35. The van der Waals surface area contributed by atoms with E-state index in [0.29, 0.717) is 12.2 Å². The summed E-state index contributed by atoms with van der Waals surface area (Å²) in [5, 5.41) is 3.35. The van der Waals surface area contributed by atoms with Gasteiger partial charge in [-0.1, -0.05) is 24.6 Å². The van der Waals surface area contributed by atoms with E-state index in [1.54, 1.807) is 7.11 Å². The zero-order valence-electron chi connectivity index (χ0n) is 12.8. The number of nitrogens with one attached hydrogen (secondary N) is 1. The molecule has 1 aromatic carbocycles. The molecule has 0 amide bonds. The van der Waals surface area contributed by atoms with Crippen LogP contribution in [0.25, 0.3) is 0 Å². The molecule has 1 fully saturated rings. The molecule has 0 bridgehead atoms. The Bertz CT molecular complexity index is 476. The molecule has 1 N–H and O–H groups in total. The Balaban J connectivity index is 2.20. The minimum Gasteiger partial charge on any atom is -0.496 e. The Morgan fingerprint density at radius 2 is 2.05 bits per heavy atom. The van der Waals surface area contributed by atoms with Gasteiger partial charge < -0.3 is 10.1 Å².